The van der Waals surface area contributed by atoms with E-state index in [1.807, 2.05) is 44.2 Å². The largest absolute Gasteiger partial charge is 0.321 e. The van der Waals surface area contributed by atoms with E-state index < -0.39 is 0 Å². The molecule has 0 aliphatic rings. The third-order valence-corrected chi connectivity index (χ3v) is 5.49. The molecule has 6 nitrogen and oxygen atoms in total. The van der Waals surface area contributed by atoms with Crippen LogP contribution in [-0.4, -0.2) is 20.4 Å². The Morgan fingerprint density at radius 2 is 1.79 bits per heavy atom. The third kappa shape index (κ3) is 3.20. The summed E-state index contributed by atoms with van der Waals surface area (Å²) in [6, 6.07) is 14.6. The molecule has 7 heteroatoms. The van der Waals surface area contributed by atoms with Crippen LogP contribution in [-0.2, 0) is 0 Å². The van der Waals surface area contributed by atoms with Crippen molar-refractivity contribution in [3.05, 3.63) is 80.3 Å². The van der Waals surface area contributed by atoms with Crippen LogP contribution in [0.1, 0.15) is 26.2 Å². The van der Waals surface area contributed by atoms with Crippen LogP contribution in [0.15, 0.2) is 53.3 Å². The normalized spacial score (nSPS) is 11.0. The zero-order valence-electron chi connectivity index (χ0n) is 15.7. The highest BCUT2D eigenvalue weighted by atomic mass is 32.1. The molecular weight excluding hydrogens is 372 g/mol. The molecule has 140 valence electrons. The van der Waals surface area contributed by atoms with Crippen LogP contribution in [0.2, 0.25) is 0 Å². The van der Waals surface area contributed by atoms with Crippen LogP contribution < -0.4 is 10.9 Å². The number of fused-ring (bicyclic) bond motifs is 1. The number of anilines is 1. The van der Waals surface area contributed by atoms with Gasteiger partial charge in [0.25, 0.3) is 11.5 Å². The molecule has 0 aliphatic heterocycles. The van der Waals surface area contributed by atoms with Crippen molar-refractivity contribution >= 4 is 33.8 Å². The summed E-state index contributed by atoms with van der Waals surface area (Å²) in [5.41, 5.74) is 2.42. The molecule has 2 aromatic heterocycles. The first kappa shape index (κ1) is 18.1. The Bertz CT molecular complexity index is 1260. The molecule has 0 spiro atoms. The monoisotopic (exact) mass is 390 g/mol. The number of hydrogen-bond acceptors (Lipinski definition) is 5. The van der Waals surface area contributed by atoms with Crippen LogP contribution in [0.3, 0.4) is 0 Å². The number of benzene rings is 2. The number of aromatic nitrogens is 3. The van der Waals surface area contributed by atoms with Crippen LogP contribution >= 0.6 is 11.3 Å². The van der Waals surface area contributed by atoms with E-state index in [1.165, 1.54) is 11.3 Å². The van der Waals surface area contributed by atoms with Gasteiger partial charge in [0.1, 0.15) is 10.7 Å². The Balaban J connectivity index is 1.77. The fourth-order valence-electron chi connectivity index (χ4n) is 3.19. The molecule has 4 rings (SSSR count). The van der Waals surface area contributed by atoms with Crippen molar-refractivity contribution in [2.45, 2.75) is 20.8 Å². The maximum atomic E-state index is 13.1. The average molecular weight is 390 g/mol. The maximum absolute atomic E-state index is 13.1. The summed E-state index contributed by atoms with van der Waals surface area (Å²) in [5, 5.41) is 4.15. The van der Waals surface area contributed by atoms with Gasteiger partial charge in [-0.1, -0.05) is 18.2 Å². The Labute approximate surface area is 165 Å². The Morgan fingerprint density at radius 3 is 2.46 bits per heavy atom. The molecule has 2 aromatic carbocycles. The van der Waals surface area contributed by atoms with Gasteiger partial charge in [0.15, 0.2) is 0 Å². The standard InChI is InChI=1S/C21H18N4O2S/c1-12-19(28-14(3)22-12)20(26)24-15-9-10-18-17(11-15)21(27)25(13(2)23-18)16-7-5-4-6-8-16/h4-11H,1-3H3,(H,24,26). The number of para-hydroxylation sites is 1. The Hall–Kier alpha value is -3.32. The Morgan fingerprint density at radius 1 is 1.04 bits per heavy atom. The molecule has 0 radical (unpaired) electrons. The molecule has 1 amide bonds. The van der Waals surface area contributed by atoms with Gasteiger partial charge in [-0.05, 0) is 51.1 Å². The van der Waals surface area contributed by atoms with Crippen LogP contribution in [0.25, 0.3) is 16.6 Å². The van der Waals surface area contributed by atoms with Crippen molar-refractivity contribution < 1.29 is 4.79 Å². The summed E-state index contributed by atoms with van der Waals surface area (Å²) in [7, 11) is 0. The van der Waals surface area contributed by atoms with E-state index >= 15 is 0 Å². The molecule has 0 bridgehead atoms. The van der Waals surface area contributed by atoms with E-state index in [0.29, 0.717) is 33.0 Å². The first-order valence-corrected chi connectivity index (χ1v) is 9.60. The van der Waals surface area contributed by atoms with E-state index in [-0.39, 0.29) is 11.5 Å². The first-order chi connectivity index (χ1) is 13.4. The molecular formula is C21H18N4O2S. The second-order valence-corrected chi connectivity index (χ2v) is 7.67. The zero-order valence-corrected chi connectivity index (χ0v) is 16.5. The summed E-state index contributed by atoms with van der Waals surface area (Å²) in [4.78, 5) is 35.1. The number of carbonyl (C=O) groups excluding carboxylic acids is 1. The lowest BCUT2D eigenvalue weighted by Gasteiger charge is -2.11. The van der Waals surface area contributed by atoms with E-state index in [9.17, 15) is 9.59 Å². The predicted octanol–water partition coefficient (Wildman–Crippen LogP) is 4.02. The molecule has 0 unspecified atom stereocenters. The molecule has 1 N–H and O–H groups in total. The summed E-state index contributed by atoms with van der Waals surface area (Å²) >= 11 is 1.35. The quantitative estimate of drug-likeness (QED) is 0.573. The molecule has 28 heavy (non-hydrogen) atoms. The molecule has 0 fully saturated rings. The highest BCUT2D eigenvalue weighted by Crippen LogP contribution is 2.21. The van der Waals surface area contributed by atoms with Gasteiger partial charge in [0, 0.05) is 5.69 Å². The highest BCUT2D eigenvalue weighted by molar-refractivity contribution is 7.13. The van der Waals surface area contributed by atoms with Crippen molar-refractivity contribution in [3.8, 4) is 5.69 Å². The fraction of sp³-hybridized carbons (Fsp3) is 0.143. The minimum Gasteiger partial charge on any atom is -0.321 e. The molecule has 0 aliphatic carbocycles. The number of thiazole rings is 1. The number of nitrogens with zero attached hydrogens (tertiary/aromatic N) is 3. The van der Waals surface area contributed by atoms with E-state index in [0.717, 1.165) is 10.7 Å². The van der Waals surface area contributed by atoms with Gasteiger partial charge < -0.3 is 5.32 Å². The number of aryl methyl sites for hydroxylation is 3. The van der Waals surface area contributed by atoms with E-state index in [4.69, 9.17) is 0 Å². The number of hydrogen-bond donors (Lipinski definition) is 1. The summed E-state index contributed by atoms with van der Waals surface area (Å²) in [6.07, 6.45) is 0. The van der Waals surface area contributed by atoms with Crippen LogP contribution in [0.4, 0.5) is 5.69 Å². The number of carbonyl (C=O) groups is 1. The lowest BCUT2D eigenvalue weighted by Crippen LogP contribution is -2.22. The third-order valence-electron chi connectivity index (χ3n) is 4.42. The zero-order chi connectivity index (χ0) is 19.8. The van der Waals surface area contributed by atoms with Gasteiger partial charge in [-0.2, -0.15) is 0 Å². The van der Waals surface area contributed by atoms with Gasteiger partial charge in [0.05, 0.1) is 27.3 Å². The molecule has 0 saturated heterocycles. The van der Waals surface area contributed by atoms with Gasteiger partial charge in [-0.3, -0.25) is 14.2 Å². The lowest BCUT2D eigenvalue weighted by molar-refractivity contribution is 0.103. The van der Waals surface area contributed by atoms with Gasteiger partial charge in [0.2, 0.25) is 0 Å². The maximum Gasteiger partial charge on any atom is 0.267 e. The van der Waals surface area contributed by atoms with Gasteiger partial charge in [-0.25, -0.2) is 9.97 Å². The number of amides is 1. The molecule has 0 atom stereocenters. The lowest BCUT2D eigenvalue weighted by atomic mass is 10.2. The molecule has 2 heterocycles. The van der Waals surface area contributed by atoms with Crippen molar-refractivity contribution in [1.82, 2.24) is 14.5 Å². The van der Waals surface area contributed by atoms with Crippen LogP contribution in [0.5, 0.6) is 0 Å². The molecule has 4 aromatic rings. The van der Waals surface area contributed by atoms with Crippen molar-refractivity contribution in [2.24, 2.45) is 0 Å². The first-order valence-electron chi connectivity index (χ1n) is 8.78. The summed E-state index contributed by atoms with van der Waals surface area (Å²) < 4.78 is 1.57. The molecule has 0 saturated carbocycles. The Kier molecular flexibility index (Phi) is 4.52. The van der Waals surface area contributed by atoms with Gasteiger partial charge >= 0.3 is 0 Å². The van der Waals surface area contributed by atoms with E-state index in [1.54, 1.807) is 29.7 Å². The van der Waals surface area contributed by atoms with Crippen molar-refractivity contribution in [1.29, 1.82) is 0 Å². The number of nitrogens with one attached hydrogen (secondary N) is 1. The topological polar surface area (TPSA) is 76.9 Å². The average Bonchev–Trinajstić information content (AvgIpc) is 3.01. The minimum atomic E-state index is -0.231. The number of rotatable bonds is 3. The van der Waals surface area contributed by atoms with E-state index in [2.05, 4.69) is 15.3 Å². The van der Waals surface area contributed by atoms with Crippen molar-refractivity contribution in [3.63, 3.8) is 0 Å². The second kappa shape index (κ2) is 7.01. The predicted molar refractivity (Wildman–Crippen MR) is 112 cm³/mol. The minimum absolute atomic E-state index is 0.172. The van der Waals surface area contributed by atoms with Gasteiger partial charge in [-0.15, -0.1) is 11.3 Å². The van der Waals surface area contributed by atoms with Crippen molar-refractivity contribution in [2.75, 3.05) is 5.32 Å². The summed E-state index contributed by atoms with van der Waals surface area (Å²) in [6.45, 7) is 5.48. The second-order valence-electron chi connectivity index (χ2n) is 6.47. The fourth-order valence-corrected chi connectivity index (χ4v) is 4.00. The summed E-state index contributed by atoms with van der Waals surface area (Å²) in [5.74, 6) is 0.377. The SMILES string of the molecule is Cc1nc(C)c(C(=O)Nc2ccc3nc(C)n(-c4ccccc4)c(=O)c3c2)s1. The highest BCUT2D eigenvalue weighted by Gasteiger charge is 2.15. The smallest absolute Gasteiger partial charge is 0.267 e. The van der Waals surface area contributed by atoms with Crippen LogP contribution in [0, 0.1) is 20.8 Å².